The number of ether oxygens (including phenoxy) is 1. The Balaban J connectivity index is 3.89. The molecule has 0 bridgehead atoms. The number of esters is 1. The second-order valence-corrected chi connectivity index (χ2v) is 7.17. The van der Waals surface area contributed by atoms with Crippen LogP contribution in [0.15, 0.2) is 0 Å². The van der Waals surface area contributed by atoms with E-state index in [9.17, 15) is 14.4 Å². The molecule has 0 aliphatic carbocycles. The van der Waals surface area contributed by atoms with E-state index in [-0.39, 0.29) is 36.5 Å². The second kappa shape index (κ2) is 7.41. The minimum Gasteiger partial charge on any atom is -0.465 e. The molecule has 0 aliphatic rings. The molecule has 0 saturated carbocycles. The van der Waals surface area contributed by atoms with Crippen molar-refractivity contribution >= 4 is 17.7 Å². The summed E-state index contributed by atoms with van der Waals surface area (Å²) in [6.07, 6.45) is 0.0754. The molecule has 0 radical (unpaired) electrons. The molecule has 0 fully saturated rings. The zero-order chi connectivity index (χ0) is 16.0. The molecular formula is C15H27NO4. The zero-order valence-corrected chi connectivity index (χ0v) is 13.5. The Morgan fingerprint density at radius 2 is 1.50 bits per heavy atom. The van der Waals surface area contributed by atoms with Crippen molar-refractivity contribution in [3.63, 3.8) is 0 Å². The van der Waals surface area contributed by atoms with E-state index < -0.39 is 11.4 Å². The van der Waals surface area contributed by atoms with Crippen LogP contribution in [0.5, 0.6) is 0 Å². The first-order chi connectivity index (χ1) is 8.92. The highest BCUT2D eigenvalue weighted by molar-refractivity contribution is 5.90. The Labute approximate surface area is 121 Å². The largest absolute Gasteiger partial charge is 0.465 e. The van der Waals surface area contributed by atoms with Gasteiger partial charge in [0, 0.05) is 11.8 Å². The summed E-state index contributed by atoms with van der Waals surface area (Å²) in [7, 11) is 0. The average Bonchev–Trinajstić information content (AvgIpc) is 2.28. The smallest absolute Gasteiger partial charge is 0.306 e. The van der Waals surface area contributed by atoms with Gasteiger partial charge in [0.25, 0.3) is 0 Å². The molecule has 0 unspecified atom stereocenters. The van der Waals surface area contributed by atoms with Crippen LogP contribution in [0, 0.1) is 10.8 Å². The first-order valence-corrected chi connectivity index (χ1v) is 6.87. The molecule has 0 aromatic carbocycles. The summed E-state index contributed by atoms with van der Waals surface area (Å²) in [5.41, 5.74) is -0.560. The maximum absolute atomic E-state index is 11.6. The first-order valence-electron chi connectivity index (χ1n) is 6.87. The van der Waals surface area contributed by atoms with Crippen LogP contribution in [0.25, 0.3) is 0 Å². The number of nitrogens with one attached hydrogen (secondary N) is 1. The highest BCUT2D eigenvalue weighted by atomic mass is 16.5. The number of rotatable bonds is 6. The van der Waals surface area contributed by atoms with Crippen LogP contribution in [0.3, 0.4) is 0 Å². The van der Waals surface area contributed by atoms with Crippen LogP contribution in [0.1, 0.15) is 54.4 Å². The zero-order valence-electron chi connectivity index (χ0n) is 13.5. The van der Waals surface area contributed by atoms with Crippen molar-refractivity contribution in [2.75, 3.05) is 13.2 Å². The van der Waals surface area contributed by atoms with Crippen LogP contribution in [0.2, 0.25) is 0 Å². The van der Waals surface area contributed by atoms with Gasteiger partial charge in [-0.1, -0.05) is 41.5 Å². The first kappa shape index (κ1) is 18.6. The number of ketones is 1. The predicted octanol–water partition coefficient (Wildman–Crippen LogP) is 2.09. The van der Waals surface area contributed by atoms with Gasteiger partial charge < -0.3 is 10.1 Å². The van der Waals surface area contributed by atoms with Gasteiger partial charge in [-0.15, -0.1) is 0 Å². The molecule has 0 atom stereocenters. The Hall–Kier alpha value is -1.39. The highest BCUT2D eigenvalue weighted by Crippen LogP contribution is 2.14. The summed E-state index contributed by atoms with van der Waals surface area (Å²) in [6, 6.07) is 0. The van der Waals surface area contributed by atoms with E-state index in [1.807, 2.05) is 20.8 Å². The van der Waals surface area contributed by atoms with Crippen molar-refractivity contribution in [2.24, 2.45) is 10.8 Å². The number of Topliss-reactive ketones (excluding diaryl/α,β-unsaturated/α-hetero) is 1. The van der Waals surface area contributed by atoms with Crippen molar-refractivity contribution in [2.45, 2.75) is 54.4 Å². The summed E-state index contributed by atoms with van der Waals surface area (Å²) < 4.78 is 5.05. The van der Waals surface area contributed by atoms with Crippen LogP contribution < -0.4 is 5.32 Å². The van der Waals surface area contributed by atoms with Gasteiger partial charge in [0.05, 0.1) is 19.6 Å². The molecule has 5 nitrogen and oxygen atoms in total. The molecule has 20 heavy (non-hydrogen) atoms. The lowest BCUT2D eigenvalue weighted by molar-refractivity contribution is -0.147. The summed E-state index contributed by atoms with van der Waals surface area (Å²) in [6.45, 7) is 11.6. The SMILES string of the molecule is CC(C)(C)COC(=O)CCC(=O)NCC(=O)C(C)(C)C. The van der Waals surface area contributed by atoms with Crippen molar-refractivity contribution in [1.82, 2.24) is 5.32 Å². The van der Waals surface area contributed by atoms with Crippen molar-refractivity contribution < 1.29 is 19.1 Å². The number of carbonyl (C=O) groups excluding carboxylic acids is 3. The number of hydrogen-bond acceptors (Lipinski definition) is 4. The second-order valence-electron chi connectivity index (χ2n) is 7.17. The van der Waals surface area contributed by atoms with Gasteiger partial charge in [0.1, 0.15) is 0 Å². The van der Waals surface area contributed by atoms with E-state index in [1.54, 1.807) is 20.8 Å². The molecule has 0 saturated heterocycles. The quantitative estimate of drug-likeness (QED) is 0.758. The lowest BCUT2D eigenvalue weighted by Gasteiger charge is -2.18. The van der Waals surface area contributed by atoms with Gasteiger partial charge in [-0.2, -0.15) is 0 Å². The topological polar surface area (TPSA) is 72.5 Å². The Kier molecular flexibility index (Phi) is 6.89. The highest BCUT2D eigenvalue weighted by Gasteiger charge is 2.21. The molecule has 1 N–H and O–H groups in total. The maximum atomic E-state index is 11.6. The molecule has 0 rings (SSSR count). The minimum absolute atomic E-state index is 0.000623. The molecule has 1 amide bonds. The van der Waals surface area contributed by atoms with Gasteiger partial charge in [-0.25, -0.2) is 0 Å². The fourth-order valence-corrected chi connectivity index (χ4v) is 1.12. The lowest BCUT2D eigenvalue weighted by Crippen LogP contribution is -2.35. The molecule has 0 aromatic heterocycles. The number of hydrogen-bond donors (Lipinski definition) is 1. The molecule has 0 aliphatic heterocycles. The monoisotopic (exact) mass is 285 g/mol. The fraction of sp³-hybridized carbons (Fsp3) is 0.800. The van der Waals surface area contributed by atoms with Crippen LogP contribution in [0.4, 0.5) is 0 Å². The van der Waals surface area contributed by atoms with Gasteiger partial charge >= 0.3 is 5.97 Å². The van der Waals surface area contributed by atoms with Gasteiger partial charge in [-0.05, 0) is 5.41 Å². The Morgan fingerprint density at radius 3 is 1.95 bits per heavy atom. The van der Waals surface area contributed by atoms with Gasteiger partial charge in [-0.3, -0.25) is 14.4 Å². The third kappa shape index (κ3) is 9.53. The third-order valence-corrected chi connectivity index (χ3v) is 2.50. The van der Waals surface area contributed by atoms with Crippen LogP contribution in [-0.2, 0) is 19.1 Å². The Bertz CT molecular complexity index is 361. The van der Waals surface area contributed by atoms with Crippen molar-refractivity contribution in [3.05, 3.63) is 0 Å². The lowest BCUT2D eigenvalue weighted by atomic mass is 9.91. The van der Waals surface area contributed by atoms with Crippen LogP contribution >= 0.6 is 0 Å². The predicted molar refractivity (Wildman–Crippen MR) is 77.1 cm³/mol. The van der Waals surface area contributed by atoms with E-state index in [1.165, 1.54) is 0 Å². The maximum Gasteiger partial charge on any atom is 0.306 e. The minimum atomic E-state index is -0.473. The number of amides is 1. The molecule has 116 valence electrons. The van der Waals surface area contributed by atoms with Gasteiger partial charge in [0.15, 0.2) is 5.78 Å². The van der Waals surface area contributed by atoms with Crippen molar-refractivity contribution in [3.8, 4) is 0 Å². The fourth-order valence-electron chi connectivity index (χ4n) is 1.12. The van der Waals surface area contributed by atoms with E-state index in [4.69, 9.17) is 4.74 Å². The van der Waals surface area contributed by atoms with E-state index in [2.05, 4.69) is 5.32 Å². The standard InChI is InChI=1S/C15H27NO4/c1-14(2,3)10-20-13(19)8-7-12(18)16-9-11(17)15(4,5)6/h7-10H2,1-6H3,(H,16,18). The molecule has 0 spiro atoms. The van der Waals surface area contributed by atoms with Crippen LogP contribution in [-0.4, -0.2) is 30.8 Å². The molecule has 0 heterocycles. The molecular weight excluding hydrogens is 258 g/mol. The van der Waals surface area contributed by atoms with Crippen molar-refractivity contribution in [1.29, 1.82) is 0 Å². The normalized spacial score (nSPS) is 11.9. The third-order valence-electron chi connectivity index (χ3n) is 2.50. The number of carbonyl (C=O) groups is 3. The van der Waals surface area contributed by atoms with Gasteiger partial charge in [0.2, 0.25) is 5.91 Å². The average molecular weight is 285 g/mol. The summed E-state index contributed by atoms with van der Waals surface area (Å²) >= 11 is 0. The van der Waals surface area contributed by atoms with E-state index in [0.717, 1.165) is 0 Å². The summed E-state index contributed by atoms with van der Waals surface area (Å²) in [4.78, 5) is 34.5. The Morgan fingerprint density at radius 1 is 0.950 bits per heavy atom. The van der Waals surface area contributed by atoms with E-state index >= 15 is 0 Å². The summed E-state index contributed by atoms with van der Waals surface area (Å²) in [5, 5.41) is 2.52. The molecule has 0 aromatic rings. The summed E-state index contributed by atoms with van der Waals surface area (Å²) in [5.74, 6) is -0.742. The molecule has 5 heteroatoms. The van der Waals surface area contributed by atoms with E-state index in [0.29, 0.717) is 6.61 Å².